The van der Waals surface area contributed by atoms with Crippen LogP contribution in [0.3, 0.4) is 0 Å². The summed E-state index contributed by atoms with van der Waals surface area (Å²) in [7, 11) is 0. The molecule has 4 nitrogen and oxygen atoms in total. The van der Waals surface area contributed by atoms with Crippen molar-refractivity contribution in [1.29, 1.82) is 0 Å². The van der Waals surface area contributed by atoms with Gasteiger partial charge in [-0.2, -0.15) is 0 Å². The fourth-order valence-electron chi connectivity index (χ4n) is 6.76. The van der Waals surface area contributed by atoms with Crippen LogP contribution >= 0.6 is 15.9 Å². The molecule has 1 aliphatic heterocycles. The third-order valence-electron chi connectivity index (χ3n) is 8.67. The summed E-state index contributed by atoms with van der Waals surface area (Å²) in [5.41, 5.74) is 7.09. The summed E-state index contributed by atoms with van der Waals surface area (Å²) in [6.45, 7) is 0. The molecule has 0 saturated carbocycles. The van der Waals surface area contributed by atoms with Crippen LogP contribution in [0.2, 0.25) is 0 Å². The molecule has 42 heavy (non-hydrogen) atoms. The van der Waals surface area contributed by atoms with Crippen molar-refractivity contribution in [3.8, 4) is 0 Å². The van der Waals surface area contributed by atoms with Crippen LogP contribution in [0.5, 0.6) is 0 Å². The number of halogens is 1. The number of aliphatic imine (C=N–C) groups is 1. The van der Waals surface area contributed by atoms with E-state index in [1.807, 2.05) is 6.07 Å². The number of benzene rings is 6. The summed E-state index contributed by atoms with van der Waals surface area (Å²) in [6, 6.07) is 45.5. The standard InChI is InChI=1S/C37H25BrN4/c38-30-19-18-26-29-21-24(37-40-35(22-9-3-1-4-10-22)39-36(41-37)23-11-5-2-6-12-23)15-20-32(29)42-31-14-8-7-13-25(31)27-16-17-28(30)33(26)34(27)42/h1-21,35,37,40H,(H,39,41). The van der Waals surface area contributed by atoms with Gasteiger partial charge in [-0.3, -0.25) is 5.32 Å². The predicted octanol–water partition coefficient (Wildman–Crippen LogP) is 9.09. The minimum Gasteiger partial charge on any atom is -0.350 e. The van der Waals surface area contributed by atoms with Crippen LogP contribution in [0.1, 0.15) is 29.0 Å². The summed E-state index contributed by atoms with van der Waals surface area (Å²) in [5.74, 6) is 0.889. The number of hydrogen-bond donors (Lipinski definition) is 2. The Morgan fingerprint density at radius 1 is 0.595 bits per heavy atom. The number of rotatable bonds is 3. The van der Waals surface area contributed by atoms with E-state index in [9.17, 15) is 0 Å². The van der Waals surface area contributed by atoms with E-state index in [0.717, 1.165) is 21.4 Å². The van der Waals surface area contributed by atoms with Gasteiger partial charge >= 0.3 is 0 Å². The lowest BCUT2D eigenvalue weighted by molar-refractivity contribution is 0.409. The van der Waals surface area contributed by atoms with Gasteiger partial charge in [-0.15, -0.1) is 0 Å². The van der Waals surface area contributed by atoms with Gasteiger partial charge in [-0.25, -0.2) is 4.99 Å². The van der Waals surface area contributed by atoms with E-state index in [2.05, 4.69) is 152 Å². The van der Waals surface area contributed by atoms with Crippen LogP contribution in [-0.2, 0) is 0 Å². The predicted molar refractivity (Wildman–Crippen MR) is 177 cm³/mol. The first-order valence-electron chi connectivity index (χ1n) is 14.2. The van der Waals surface area contributed by atoms with Gasteiger partial charge in [-0.05, 0) is 46.2 Å². The number of fused-ring (bicyclic) bond motifs is 6. The number of para-hydroxylation sites is 1. The molecule has 0 radical (unpaired) electrons. The molecule has 0 amide bonds. The van der Waals surface area contributed by atoms with E-state index in [1.54, 1.807) is 0 Å². The molecule has 5 heteroatoms. The molecule has 2 unspecified atom stereocenters. The average Bonchev–Trinajstić information content (AvgIpc) is 3.40. The Labute approximate surface area is 250 Å². The minimum atomic E-state index is -0.221. The maximum Gasteiger partial charge on any atom is 0.131 e. The van der Waals surface area contributed by atoms with Crippen molar-refractivity contribution in [2.75, 3.05) is 0 Å². The van der Waals surface area contributed by atoms with Crippen molar-refractivity contribution in [2.24, 2.45) is 4.99 Å². The Hall–Kier alpha value is -4.71. The summed E-state index contributed by atoms with van der Waals surface area (Å²) >= 11 is 3.84. The van der Waals surface area contributed by atoms with Gasteiger partial charge in [0.05, 0.1) is 16.6 Å². The molecule has 0 bridgehead atoms. The van der Waals surface area contributed by atoms with Crippen LogP contribution in [-0.4, -0.2) is 10.2 Å². The van der Waals surface area contributed by atoms with Crippen molar-refractivity contribution in [3.63, 3.8) is 0 Å². The molecule has 0 saturated heterocycles. The zero-order valence-electron chi connectivity index (χ0n) is 22.6. The summed E-state index contributed by atoms with van der Waals surface area (Å²) in [4.78, 5) is 5.21. The summed E-state index contributed by atoms with van der Waals surface area (Å²) in [5, 5.41) is 15.0. The Morgan fingerprint density at radius 2 is 1.31 bits per heavy atom. The first kappa shape index (κ1) is 23.9. The second-order valence-electron chi connectivity index (χ2n) is 11.0. The van der Waals surface area contributed by atoms with Crippen molar-refractivity contribution < 1.29 is 0 Å². The largest absolute Gasteiger partial charge is 0.350 e. The van der Waals surface area contributed by atoms with Gasteiger partial charge < -0.3 is 9.72 Å². The number of pyridine rings is 1. The minimum absolute atomic E-state index is 0.0759. The average molecular weight is 606 g/mol. The highest BCUT2D eigenvalue weighted by atomic mass is 79.9. The molecule has 8 aromatic rings. The zero-order valence-corrected chi connectivity index (χ0v) is 24.1. The van der Waals surface area contributed by atoms with Gasteiger partial charge in [0.1, 0.15) is 18.2 Å². The maximum absolute atomic E-state index is 5.21. The van der Waals surface area contributed by atoms with E-state index in [1.165, 1.54) is 54.4 Å². The first-order valence-corrected chi connectivity index (χ1v) is 15.0. The van der Waals surface area contributed by atoms with Crippen LogP contribution < -0.4 is 10.6 Å². The number of aromatic nitrogens is 1. The van der Waals surface area contributed by atoms with E-state index in [-0.39, 0.29) is 12.3 Å². The summed E-state index contributed by atoms with van der Waals surface area (Å²) < 4.78 is 3.56. The number of nitrogens with zero attached hydrogens (tertiary/aromatic N) is 2. The molecular formula is C37H25BrN4. The Morgan fingerprint density at radius 3 is 2.17 bits per heavy atom. The molecule has 200 valence electrons. The lowest BCUT2D eigenvalue weighted by atomic mass is 9.97. The Balaban J connectivity index is 1.31. The zero-order chi connectivity index (χ0) is 27.8. The molecule has 0 aliphatic carbocycles. The number of amidine groups is 1. The fraction of sp³-hybridized carbons (Fsp3) is 0.0541. The molecule has 1 aliphatic rings. The van der Waals surface area contributed by atoms with E-state index in [0.29, 0.717) is 0 Å². The molecule has 2 N–H and O–H groups in total. The van der Waals surface area contributed by atoms with Crippen molar-refractivity contribution in [2.45, 2.75) is 12.3 Å². The molecule has 0 fully saturated rings. The van der Waals surface area contributed by atoms with Gasteiger partial charge in [0.2, 0.25) is 0 Å². The number of hydrogen-bond acceptors (Lipinski definition) is 3. The van der Waals surface area contributed by atoms with Crippen LogP contribution in [0.15, 0.2) is 137 Å². The molecule has 2 atom stereocenters. The first-order chi connectivity index (χ1) is 20.7. The summed E-state index contributed by atoms with van der Waals surface area (Å²) in [6.07, 6.45) is -0.297. The smallest absolute Gasteiger partial charge is 0.131 e. The lowest BCUT2D eigenvalue weighted by Gasteiger charge is -2.32. The Kier molecular flexibility index (Phi) is 5.21. The molecule has 0 spiro atoms. The maximum atomic E-state index is 5.21. The second kappa shape index (κ2) is 9.15. The topological polar surface area (TPSA) is 40.8 Å². The van der Waals surface area contributed by atoms with Gasteiger partial charge in [0, 0.05) is 31.6 Å². The molecule has 6 aromatic carbocycles. The monoisotopic (exact) mass is 604 g/mol. The van der Waals surface area contributed by atoms with Gasteiger partial charge in [-0.1, -0.05) is 119 Å². The fourth-order valence-corrected chi connectivity index (χ4v) is 7.22. The molecule has 3 heterocycles. The Bertz CT molecular complexity index is 2320. The van der Waals surface area contributed by atoms with Crippen molar-refractivity contribution >= 4 is 70.6 Å². The lowest BCUT2D eigenvalue weighted by Crippen LogP contribution is -2.44. The normalized spacial score (nSPS) is 17.4. The van der Waals surface area contributed by atoms with Crippen LogP contribution in [0.4, 0.5) is 0 Å². The number of nitrogens with one attached hydrogen (secondary N) is 2. The molecular weight excluding hydrogens is 580 g/mol. The second-order valence-corrected chi connectivity index (χ2v) is 11.9. The SMILES string of the molecule is Brc1ccc2c3cc(C4N=C(c5ccccc5)NC(c5ccccc5)N4)ccc3n3c4ccccc4c4ccc1c2c43. The van der Waals surface area contributed by atoms with Crippen LogP contribution in [0.25, 0.3) is 48.9 Å². The highest BCUT2D eigenvalue weighted by molar-refractivity contribution is 9.10. The van der Waals surface area contributed by atoms with Crippen molar-refractivity contribution in [1.82, 2.24) is 15.0 Å². The van der Waals surface area contributed by atoms with E-state index in [4.69, 9.17) is 4.99 Å². The van der Waals surface area contributed by atoms with Crippen LogP contribution in [0, 0.1) is 0 Å². The highest BCUT2D eigenvalue weighted by Crippen LogP contribution is 2.43. The molecule has 9 rings (SSSR count). The van der Waals surface area contributed by atoms with E-state index >= 15 is 0 Å². The van der Waals surface area contributed by atoms with E-state index < -0.39 is 0 Å². The third-order valence-corrected chi connectivity index (χ3v) is 9.36. The van der Waals surface area contributed by atoms with Crippen molar-refractivity contribution in [3.05, 3.63) is 149 Å². The van der Waals surface area contributed by atoms with Gasteiger partial charge in [0.15, 0.2) is 0 Å². The quantitative estimate of drug-likeness (QED) is 0.156. The highest BCUT2D eigenvalue weighted by Gasteiger charge is 2.26. The third kappa shape index (κ3) is 3.47. The van der Waals surface area contributed by atoms with Gasteiger partial charge in [0.25, 0.3) is 0 Å². The molecule has 2 aromatic heterocycles.